The van der Waals surface area contributed by atoms with Gasteiger partial charge in [-0.25, -0.2) is 23.0 Å². The van der Waals surface area contributed by atoms with Crippen molar-refractivity contribution in [2.24, 2.45) is 5.73 Å². The molecular formula is C36H44N7O19P3. The standard InChI is InChI=1S/C36H44N7O19P3/c37-28(19-58-26-5-1-3-21(16-26)32(45)40-9-10-41-33(46)23-13-24(34(47)48)15-25(14-23)35(49)50)57-12-11-56-20-29(44)39-8-2-4-22-17-43(36(51)42-31(22)38)30-7-6-27(60-30)18-59-64(54)62-65(55)61-63(52)53/h1,3,5,13-17,27-28,30,52-55H,6-12,18-20,37H2,(H,39,44)(H,40,45)(H,41,46)(H,47,48)(H,49,50)(H2,38,42,51). The molecule has 0 bridgehead atoms. The first-order valence-corrected chi connectivity index (χ1v) is 22.2. The van der Waals surface area contributed by atoms with Gasteiger partial charge in [0.15, 0.2) is 0 Å². The number of benzene rings is 2. The van der Waals surface area contributed by atoms with Crippen molar-refractivity contribution in [3.05, 3.63) is 87.0 Å². The average molecular weight is 972 g/mol. The number of amides is 3. The number of carbonyl (C=O) groups excluding carboxylic acids is 3. The molecule has 13 N–H and O–H groups in total. The summed E-state index contributed by atoms with van der Waals surface area (Å²) in [6.45, 7) is -0.750. The van der Waals surface area contributed by atoms with Crippen molar-refractivity contribution in [2.45, 2.75) is 31.4 Å². The van der Waals surface area contributed by atoms with E-state index in [1.54, 1.807) is 12.1 Å². The molecule has 0 radical (unpaired) electrons. The van der Waals surface area contributed by atoms with E-state index in [1.807, 2.05) is 0 Å². The van der Waals surface area contributed by atoms with E-state index in [2.05, 4.69) is 41.4 Å². The van der Waals surface area contributed by atoms with Crippen molar-refractivity contribution in [1.82, 2.24) is 25.5 Å². The molecule has 1 aromatic heterocycles. The maximum absolute atomic E-state index is 12.7. The van der Waals surface area contributed by atoms with Crippen molar-refractivity contribution in [3.63, 3.8) is 0 Å². The lowest BCUT2D eigenvalue weighted by molar-refractivity contribution is -0.126. The summed E-state index contributed by atoms with van der Waals surface area (Å²) in [4.78, 5) is 113. The third-order valence-electron chi connectivity index (χ3n) is 8.32. The Morgan fingerprint density at radius 3 is 2.25 bits per heavy atom. The Bertz CT molecular complexity index is 2230. The first-order chi connectivity index (χ1) is 31.0. The van der Waals surface area contributed by atoms with E-state index in [-0.39, 0.29) is 86.3 Å². The van der Waals surface area contributed by atoms with Gasteiger partial charge in [0.25, 0.3) is 11.8 Å². The highest BCUT2D eigenvalue weighted by molar-refractivity contribution is 7.60. The lowest BCUT2D eigenvalue weighted by atomic mass is 10.1. The number of carboxylic acids is 2. The molecule has 0 aliphatic carbocycles. The normalized spacial score (nSPS) is 15.8. The predicted molar refractivity (Wildman–Crippen MR) is 225 cm³/mol. The zero-order valence-corrected chi connectivity index (χ0v) is 36.5. The first kappa shape index (κ1) is 52.3. The number of carboxylic acid groups (broad SMARTS) is 2. The number of hydrogen-bond donors (Lipinski definition) is 11. The second-order valence-electron chi connectivity index (χ2n) is 13.0. The molecule has 65 heavy (non-hydrogen) atoms. The molecule has 1 fully saturated rings. The molecule has 29 heteroatoms. The van der Waals surface area contributed by atoms with Crippen molar-refractivity contribution in [2.75, 3.05) is 58.4 Å². The fourth-order valence-electron chi connectivity index (χ4n) is 5.38. The number of nitrogens with zero attached hydrogens (tertiary/aromatic N) is 2. The predicted octanol–water partition coefficient (Wildman–Crippen LogP) is -0.376. The Morgan fingerprint density at radius 1 is 0.892 bits per heavy atom. The van der Waals surface area contributed by atoms with Crippen LogP contribution in [0.2, 0.25) is 0 Å². The Balaban J connectivity index is 1.09. The van der Waals surface area contributed by atoms with Gasteiger partial charge in [0.2, 0.25) is 5.91 Å². The number of carbonyl (C=O) groups is 5. The minimum Gasteiger partial charge on any atom is -0.489 e. The van der Waals surface area contributed by atoms with Crippen molar-refractivity contribution >= 4 is 61.3 Å². The number of hydrogen-bond acceptors (Lipinski definition) is 20. The minimum atomic E-state index is -2.90. The largest absolute Gasteiger partial charge is 0.489 e. The molecule has 5 atom stereocenters. The fraction of sp³-hybridized carbons (Fsp3) is 0.361. The molecule has 1 aliphatic rings. The molecule has 3 aromatic rings. The number of nitrogen functional groups attached to an aromatic ring is 1. The Morgan fingerprint density at radius 2 is 1.57 bits per heavy atom. The number of nitrogens with two attached hydrogens (primary N) is 2. The molecule has 2 aromatic carbocycles. The van der Waals surface area contributed by atoms with Crippen LogP contribution in [0.1, 0.15) is 66.1 Å². The van der Waals surface area contributed by atoms with Gasteiger partial charge < -0.3 is 80.7 Å². The van der Waals surface area contributed by atoms with Crippen LogP contribution in [0.25, 0.3) is 0 Å². The molecular weight excluding hydrogens is 927 g/mol. The second kappa shape index (κ2) is 26.6. The molecule has 1 aliphatic heterocycles. The number of ether oxygens (including phenoxy) is 4. The van der Waals surface area contributed by atoms with Crippen molar-refractivity contribution < 1.29 is 85.9 Å². The van der Waals surface area contributed by atoms with Crippen LogP contribution >= 0.6 is 25.8 Å². The number of rotatable bonds is 25. The van der Waals surface area contributed by atoms with Crippen LogP contribution in [-0.2, 0) is 32.2 Å². The van der Waals surface area contributed by atoms with Crippen LogP contribution in [0.4, 0.5) is 5.82 Å². The van der Waals surface area contributed by atoms with Gasteiger partial charge in [-0.1, -0.05) is 17.9 Å². The quantitative estimate of drug-likeness (QED) is 0.0223. The fourth-order valence-corrected chi connectivity index (χ4v) is 7.23. The molecule has 26 nitrogen and oxygen atoms in total. The topological polar surface area (TPSA) is 394 Å². The molecule has 2 heterocycles. The van der Waals surface area contributed by atoms with Gasteiger partial charge in [0.1, 0.15) is 37.2 Å². The Labute approximate surface area is 372 Å². The van der Waals surface area contributed by atoms with Gasteiger partial charge in [0.05, 0.1) is 49.2 Å². The summed E-state index contributed by atoms with van der Waals surface area (Å²) in [5.74, 6) is 1.10. The lowest BCUT2D eigenvalue weighted by Gasteiger charge is -2.18. The molecule has 0 saturated carbocycles. The molecule has 3 amide bonds. The summed E-state index contributed by atoms with van der Waals surface area (Å²) in [6, 6.07) is 9.16. The van der Waals surface area contributed by atoms with E-state index >= 15 is 0 Å². The third-order valence-corrected chi connectivity index (χ3v) is 10.9. The van der Waals surface area contributed by atoms with Crippen LogP contribution in [0, 0.1) is 11.8 Å². The van der Waals surface area contributed by atoms with E-state index in [4.69, 9.17) is 44.7 Å². The van der Waals surface area contributed by atoms with Gasteiger partial charge in [0, 0.05) is 30.4 Å². The monoisotopic (exact) mass is 971 g/mol. The van der Waals surface area contributed by atoms with E-state index in [0.717, 1.165) is 18.2 Å². The highest BCUT2D eigenvalue weighted by atomic mass is 31.3. The first-order valence-electron chi connectivity index (χ1n) is 18.8. The summed E-state index contributed by atoms with van der Waals surface area (Å²) >= 11 is 0. The van der Waals surface area contributed by atoms with E-state index < -0.39 is 79.7 Å². The zero-order chi connectivity index (χ0) is 47.5. The maximum Gasteiger partial charge on any atom is 0.351 e. The summed E-state index contributed by atoms with van der Waals surface area (Å²) < 4.78 is 37.3. The Hall–Kier alpha value is -5.32. The number of nitrogens with one attached hydrogen (secondary N) is 3. The third kappa shape index (κ3) is 18.2. The van der Waals surface area contributed by atoms with Gasteiger partial charge in [-0.05, 0) is 49.2 Å². The van der Waals surface area contributed by atoms with E-state index in [0.29, 0.717) is 18.6 Å². The van der Waals surface area contributed by atoms with Crippen LogP contribution in [0.3, 0.4) is 0 Å². The Kier molecular flexibility index (Phi) is 21.4. The van der Waals surface area contributed by atoms with Gasteiger partial charge in [-0.3, -0.25) is 19.0 Å². The number of anilines is 1. The average Bonchev–Trinajstić information content (AvgIpc) is 3.73. The molecule has 5 unspecified atom stereocenters. The lowest BCUT2D eigenvalue weighted by Crippen LogP contribution is -2.35. The van der Waals surface area contributed by atoms with Crippen LogP contribution < -0.4 is 37.8 Å². The SMILES string of the molecule is Nc1nc(=O)n(C2CCC(COP(O)OP(O)OP(O)O)O2)cc1C#CCNC(=O)COCCOC(N)COc1cccc(C(=O)NCCNC(=O)c2cc(C(=O)O)cc(C(=O)O)c2)c1. The van der Waals surface area contributed by atoms with Crippen molar-refractivity contribution in [3.8, 4) is 17.6 Å². The smallest absolute Gasteiger partial charge is 0.351 e. The molecule has 0 spiro atoms. The summed E-state index contributed by atoms with van der Waals surface area (Å²) in [5, 5.41) is 26.1. The highest BCUT2D eigenvalue weighted by Crippen LogP contribution is 2.55. The maximum atomic E-state index is 12.7. The van der Waals surface area contributed by atoms with Crippen LogP contribution in [-0.4, -0.2) is 134 Å². The molecule has 352 valence electrons. The minimum absolute atomic E-state index is 0.00523. The van der Waals surface area contributed by atoms with Gasteiger partial charge >= 0.3 is 43.4 Å². The molecule has 4 rings (SSSR count). The van der Waals surface area contributed by atoms with Gasteiger partial charge in [-0.2, -0.15) is 4.98 Å². The van der Waals surface area contributed by atoms with Crippen LogP contribution in [0.15, 0.2) is 53.5 Å². The summed E-state index contributed by atoms with van der Waals surface area (Å²) in [5.41, 5.74) is 10.6. The van der Waals surface area contributed by atoms with Gasteiger partial charge in [-0.15, -0.1) is 0 Å². The highest BCUT2D eigenvalue weighted by Gasteiger charge is 2.30. The number of aromatic carboxylic acids is 2. The van der Waals surface area contributed by atoms with E-state index in [1.165, 1.54) is 22.9 Å². The second-order valence-corrected chi connectivity index (χ2v) is 16.0. The zero-order valence-electron chi connectivity index (χ0n) is 33.8. The van der Waals surface area contributed by atoms with Crippen molar-refractivity contribution in [1.29, 1.82) is 0 Å². The summed E-state index contributed by atoms with van der Waals surface area (Å²) in [6.07, 6.45) is -0.123. The summed E-state index contributed by atoms with van der Waals surface area (Å²) in [7, 11) is -8.30. The van der Waals surface area contributed by atoms with Crippen LogP contribution in [0.5, 0.6) is 5.75 Å². The van der Waals surface area contributed by atoms with E-state index in [9.17, 15) is 48.8 Å². The number of aromatic nitrogens is 2. The molecule has 1 saturated heterocycles.